The van der Waals surface area contributed by atoms with E-state index in [0.717, 1.165) is 5.06 Å². The second kappa shape index (κ2) is 6.97. The molecule has 0 aliphatic carbocycles. The van der Waals surface area contributed by atoms with E-state index in [-0.39, 0.29) is 25.5 Å². The topological polar surface area (TPSA) is 29.5 Å². The third kappa shape index (κ3) is 4.68. The summed E-state index contributed by atoms with van der Waals surface area (Å²) < 4.78 is 0. The Kier molecular flexibility index (Phi) is 6.05. The van der Waals surface area contributed by atoms with Crippen LogP contribution in [0.3, 0.4) is 0 Å². The third-order valence-corrected chi connectivity index (χ3v) is 1.13. The van der Waals surface area contributed by atoms with E-state index in [1.807, 2.05) is 0 Å². The lowest BCUT2D eigenvalue weighted by atomic mass is 10.4. The van der Waals surface area contributed by atoms with Crippen molar-refractivity contribution in [1.29, 1.82) is 0 Å². The third-order valence-electron chi connectivity index (χ3n) is 1.13. The first kappa shape index (κ1) is 11.3. The van der Waals surface area contributed by atoms with Gasteiger partial charge >= 0.3 is 0 Å². The second-order valence-corrected chi connectivity index (χ2v) is 2.10. The van der Waals surface area contributed by atoms with E-state index in [1.165, 1.54) is 6.08 Å². The molecule has 0 aliphatic rings. The Labute approximate surface area is 78.3 Å². The van der Waals surface area contributed by atoms with E-state index >= 15 is 0 Å². The zero-order chi connectivity index (χ0) is 10.1. The molecule has 0 bridgehead atoms. The fraction of sp³-hybridized carbons (Fsp3) is 0.300. The highest BCUT2D eigenvalue weighted by atomic mass is 16.7. The normalized spacial score (nSPS) is 8.15. The molecule has 0 heterocycles. The lowest BCUT2D eigenvalue weighted by Gasteiger charge is -2.17. The predicted molar refractivity (Wildman–Crippen MR) is 50.1 cm³/mol. The molecule has 0 aromatic carbocycles. The van der Waals surface area contributed by atoms with Gasteiger partial charge in [0.05, 0.1) is 13.0 Å². The molecule has 1 amide bonds. The molecule has 0 aromatic rings. The van der Waals surface area contributed by atoms with Crippen LogP contribution in [0.1, 0.15) is 6.42 Å². The first-order valence-corrected chi connectivity index (χ1v) is 3.67. The molecule has 0 radical (unpaired) electrons. The number of hydrogen-bond acceptors (Lipinski definition) is 2. The highest BCUT2D eigenvalue weighted by Gasteiger charge is 2.10. The van der Waals surface area contributed by atoms with Crippen LogP contribution in [0.15, 0.2) is 12.7 Å². The maximum atomic E-state index is 11.2. The first-order valence-electron chi connectivity index (χ1n) is 3.67. The molecule has 0 fully saturated rings. The molecule has 0 aliphatic heterocycles. The monoisotopic (exact) mass is 177 g/mol. The Bertz CT molecular complexity index is 257. The lowest BCUT2D eigenvalue weighted by molar-refractivity contribution is -0.177. The van der Waals surface area contributed by atoms with Crippen LogP contribution in [-0.4, -0.2) is 24.1 Å². The number of hydrogen-bond donors (Lipinski definition) is 0. The lowest BCUT2D eigenvalue weighted by Crippen LogP contribution is -2.31. The summed E-state index contributed by atoms with van der Waals surface area (Å²) in [6, 6.07) is 0. The van der Waals surface area contributed by atoms with Gasteiger partial charge in [-0.2, -0.15) is 0 Å². The predicted octanol–water partition coefficient (Wildman–Crippen LogP) is 0.589. The second-order valence-electron chi connectivity index (χ2n) is 2.10. The summed E-state index contributed by atoms with van der Waals surface area (Å²) in [5, 5.41) is 1.10. The maximum Gasteiger partial charge on any atom is 0.258 e. The molecule has 0 unspecified atom stereocenters. The summed E-state index contributed by atoms with van der Waals surface area (Å²) in [6.07, 6.45) is 11.5. The number of hydroxylamine groups is 2. The minimum absolute atomic E-state index is 0.00158. The van der Waals surface area contributed by atoms with Crippen molar-refractivity contribution < 1.29 is 9.63 Å². The summed E-state index contributed by atoms with van der Waals surface area (Å²) in [5.41, 5.74) is 0. The van der Waals surface area contributed by atoms with Crippen LogP contribution < -0.4 is 0 Å². The fourth-order valence-electron chi connectivity index (χ4n) is 0.634. The van der Waals surface area contributed by atoms with Crippen LogP contribution in [0.2, 0.25) is 0 Å². The Balaban J connectivity index is 4.09. The summed E-state index contributed by atoms with van der Waals surface area (Å²) >= 11 is 0. The smallest absolute Gasteiger partial charge is 0.258 e. The van der Waals surface area contributed by atoms with E-state index in [0.29, 0.717) is 0 Å². The molecule has 0 saturated heterocycles. The van der Waals surface area contributed by atoms with Crippen molar-refractivity contribution in [2.45, 2.75) is 6.42 Å². The minimum Gasteiger partial charge on any atom is -0.271 e. The summed E-state index contributed by atoms with van der Waals surface area (Å²) in [5.74, 6) is 4.18. The number of nitrogens with zero attached hydrogens (tertiary/aromatic N) is 1. The van der Waals surface area contributed by atoms with Gasteiger partial charge in [0.25, 0.3) is 5.91 Å². The van der Waals surface area contributed by atoms with Gasteiger partial charge in [0, 0.05) is 0 Å². The van der Waals surface area contributed by atoms with Gasteiger partial charge in [0.1, 0.15) is 6.61 Å². The Morgan fingerprint density at radius 1 is 1.54 bits per heavy atom. The van der Waals surface area contributed by atoms with Gasteiger partial charge in [-0.1, -0.05) is 17.9 Å². The molecule has 68 valence electrons. The molecule has 0 spiro atoms. The Morgan fingerprint density at radius 2 is 2.23 bits per heavy atom. The van der Waals surface area contributed by atoms with Crippen molar-refractivity contribution in [2.24, 2.45) is 0 Å². The van der Waals surface area contributed by atoms with Gasteiger partial charge in [-0.3, -0.25) is 9.63 Å². The largest absolute Gasteiger partial charge is 0.271 e. The quantitative estimate of drug-likeness (QED) is 0.349. The van der Waals surface area contributed by atoms with Gasteiger partial charge in [0.2, 0.25) is 0 Å². The molecular formula is C10H11NO2. The van der Waals surface area contributed by atoms with E-state index in [4.69, 9.17) is 17.7 Å². The van der Waals surface area contributed by atoms with E-state index in [9.17, 15) is 4.79 Å². The average Bonchev–Trinajstić information content (AvgIpc) is 2.12. The fourth-order valence-corrected chi connectivity index (χ4v) is 0.634. The van der Waals surface area contributed by atoms with Crippen molar-refractivity contribution in [3.05, 3.63) is 12.7 Å². The van der Waals surface area contributed by atoms with Crippen LogP contribution in [-0.2, 0) is 9.63 Å². The van der Waals surface area contributed by atoms with E-state index in [1.54, 1.807) is 0 Å². The van der Waals surface area contributed by atoms with Gasteiger partial charge in [-0.25, -0.2) is 5.06 Å². The number of rotatable bonds is 5. The number of carbonyl (C=O) groups is 1. The highest BCUT2D eigenvalue weighted by Crippen LogP contribution is 1.95. The molecule has 3 heteroatoms. The first-order chi connectivity index (χ1) is 6.26. The highest BCUT2D eigenvalue weighted by molar-refractivity contribution is 5.77. The van der Waals surface area contributed by atoms with Gasteiger partial charge in [0.15, 0.2) is 0 Å². The van der Waals surface area contributed by atoms with Gasteiger partial charge < -0.3 is 0 Å². The van der Waals surface area contributed by atoms with Crippen molar-refractivity contribution in [2.75, 3.05) is 13.2 Å². The van der Waals surface area contributed by atoms with Crippen LogP contribution in [0.5, 0.6) is 0 Å². The molecule has 0 rings (SSSR count). The van der Waals surface area contributed by atoms with Crippen LogP contribution in [0.4, 0.5) is 0 Å². The number of carbonyl (C=O) groups excluding carboxylic acids is 1. The summed E-state index contributed by atoms with van der Waals surface area (Å²) in [7, 11) is 0. The van der Waals surface area contributed by atoms with E-state index in [2.05, 4.69) is 18.4 Å². The molecule has 13 heavy (non-hydrogen) atoms. The van der Waals surface area contributed by atoms with Crippen LogP contribution in [0.25, 0.3) is 0 Å². The van der Waals surface area contributed by atoms with Gasteiger partial charge in [-0.15, -0.1) is 19.4 Å². The minimum atomic E-state index is -0.294. The van der Waals surface area contributed by atoms with Crippen molar-refractivity contribution in [3.63, 3.8) is 0 Å². The van der Waals surface area contributed by atoms with Gasteiger partial charge in [-0.05, 0) is 0 Å². The zero-order valence-corrected chi connectivity index (χ0v) is 7.32. The Hall–Kier alpha value is -1.71. The zero-order valence-electron chi connectivity index (χ0n) is 7.32. The molecule has 0 aromatic heterocycles. The van der Waals surface area contributed by atoms with Crippen molar-refractivity contribution in [3.8, 4) is 24.7 Å². The van der Waals surface area contributed by atoms with Crippen molar-refractivity contribution in [1.82, 2.24) is 5.06 Å². The molecule has 0 atom stereocenters. The number of terminal acetylenes is 2. The summed E-state index contributed by atoms with van der Waals surface area (Å²) in [6.45, 7) is 3.80. The molecule has 0 N–H and O–H groups in total. The van der Waals surface area contributed by atoms with E-state index < -0.39 is 0 Å². The van der Waals surface area contributed by atoms with Crippen molar-refractivity contribution >= 4 is 5.91 Å². The number of amides is 1. The Morgan fingerprint density at radius 3 is 2.69 bits per heavy atom. The van der Waals surface area contributed by atoms with Crippen LogP contribution in [0, 0.1) is 24.7 Å². The summed E-state index contributed by atoms with van der Waals surface area (Å²) in [4.78, 5) is 16.1. The molecule has 3 nitrogen and oxygen atoms in total. The average molecular weight is 177 g/mol. The standard InChI is InChI=1S/C10H11NO2/c1-4-7-10(12)11(8-5-2)13-9-6-3/h1,3,5H,2,7-9H2. The van der Waals surface area contributed by atoms with Crippen LogP contribution >= 0.6 is 0 Å². The molecule has 0 saturated carbocycles. The SMILES string of the molecule is C#CCON(CC=C)C(=O)CC#C. The maximum absolute atomic E-state index is 11.2. The molecular weight excluding hydrogens is 166 g/mol.